The number of carboxylic acids is 1. The van der Waals surface area contributed by atoms with Crippen molar-refractivity contribution in [2.75, 3.05) is 14.1 Å². The van der Waals surface area contributed by atoms with Crippen molar-refractivity contribution in [3.05, 3.63) is 41.1 Å². The van der Waals surface area contributed by atoms with Crippen molar-refractivity contribution in [1.82, 2.24) is 4.90 Å². The molecule has 0 spiro atoms. The summed E-state index contributed by atoms with van der Waals surface area (Å²) in [7, 11) is 3.53. The molecule has 4 nitrogen and oxygen atoms in total. The second-order valence-electron chi connectivity index (χ2n) is 3.95. The van der Waals surface area contributed by atoms with Crippen LogP contribution in [0.5, 0.6) is 0 Å². The number of aryl methyl sites for hydroxylation is 1. The fourth-order valence-electron chi connectivity index (χ4n) is 1.53. The molecule has 0 amide bonds. The van der Waals surface area contributed by atoms with Gasteiger partial charge in [0.15, 0.2) is 0 Å². The lowest BCUT2D eigenvalue weighted by Crippen LogP contribution is -2.09. The molecule has 0 bridgehead atoms. The van der Waals surface area contributed by atoms with Gasteiger partial charge >= 0.3 is 5.97 Å². The summed E-state index contributed by atoms with van der Waals surface area (Å²) in [6.07, 6.45) is 1.55. The molecule has 1 aromatic rings. The highest BCUT2D eigenvalue weighted by molar-refractivity contribution is 6.15. The Kier molecular flexibility index (Phi) is 3.89. The Hall–Kier alpha value is -2.28. The molecule has 4 heteroatoms. The lowest BCUT2D eigenvalue weighted by molar-refractivity contribution is -0.130. The van der Waals surface area contributed by atoms with E-state index in [0.29, 0.717) is 11.1 Å². The van der Waals surface area contributed by atoms with Crippen molar-refractivity contribution in [3.8, 4) is 6.07 Å². The first kappa shape index (κ1) is 12.8. The van der Waals surface area contributed by atoms with E-state index < -0.39 is 5.97 Å². The molecule has 0 aliphatic heterocycles. The highest BCUT2D eigenvalue weighted by Gasteiger charge is 2.13. The van der Waals surface area contributed by atoms with E-state index in [1.165, 1.54) is 0 Å². The Labute approximate surface area is 100 Å². The molecule has 88 valence electrons. The van der Waals surface area contributed by atoms with Gasteiger partial charge in [0.1, 0.15) is 0 Å². The van der Waals surface area contributed by atoms with E-state index in [1.54, 1.807) is 50.3 Å². The van der Waals surface area contributed by atoms with Crippen molar-refractivity contribution in [2.24, 2.45) is 0 Å². The van der Waals surface area contributed by atoms with E-state index in [0.717, 1.165) is 5.56 Å². The standard InChI is InChI=1S/C13H14N2O2/c1-9-6-10(7-14)4-5-11(9)12(13(16)17)8-15(2)3/h4-6,8H,1-3H3,(H,16,17)/b12-8+. The maximum atomic E-state index is 11.2. The van der Waals surface area contributed by atoms with Crippen LogP contribution in [0.3, 0.4) is 0 Å². The number of nitrogens with zero attached hydrogens (tertiary/aromatic N) is 2. The van der Waals surface area contributed by atoms with E-state index in [1.807, 2.05) is 6.07 Å². The highest BCUT2D eigenvalue weighted by Crippen LogP contribution is 2.20. The van der Waals surface area contributed by atoms with Gasteiger partial charge in [0.2, 0.25) is 0 Å². The minimum Gasteiger partial charge on any atom is -0.478 e. The summed E-state index contributed by atoms with van der Waals surface area (Å²) in [5, 5.41) is 17.9. The number of carbonyl (C=O) groups is 1. The smallest absolute Gasteiger partial charge is 0.337 e. The quantitative estimate of drug-likeness (QED) is 0.805. The molecular weight excluding hydrogens is 216 g/mol. The molecule has 0 radical (unpaired) electrons. The van der Waals surface area contributed by atoms with Crippen LogP contribution < -0.4 is 0 Å². The van der Waals surface area contributed by atoms with E-state index in [9.17, 15) is 4.79 Å². The fourth-order valence-corrected chi connectivity index (χ4v) is 1.53. The molecule has 17 heavy (non-hydrogen) atoms. The first-order valence-corrected chi connectivity index (χ1v) is 5.08. The number of rotatable bonds is 3. The minimum absolute atomic E-state index is 0.219. The van der Waals surface area contributed by atoms with Crippen molar-refractivity contribution < 1.29 is 9.90 Å². The van der Waals surface area contributed by atoms with Crippen LogP contribution in [0.4, 0.5) is 0 Å². The lowest BCUT2D eigenvalue weighted by Gasteiger charge is -2.11. The first-order valence-electron chi connectivity index (χ1n) is 5.08. The van der Waals surface area contributed by atoms with Crippen LogP contribution in [-0.4, -0.2) is 30.1 Å². The number of hydrogen-bond donors (Lipinski definition) is 1. The van der Waals surface area contributed by atoms with E-state index in [4.69, 9.17) is 10.4 Å². The third-order valence-corrected chi connectivity index (χ3v) is 2.26. The normalized spacial score (nSPS) is 10.8. The molecule has 0 heterocycles. The average molecular weight is 230 g/mol. The molecule has 0 aliphatic rings. The van der Waals surface area contributed by atoms with Gasteiger partial charge in [0.05, 0.1) is 17.2 Å². The average Bonchev–Trinajstić information content (AvgIpc) is 2.25. The first-order chi connectivity index (χ1) is 7.95. The number of aliphatic carboxylic acids is 1. The molecule has 0 saturated heterocycles. The summed E-state index contributed by atoms with van der Waals surface area (Å²) in [4.78, 5) is 12.9. The fraction of sp³-hybridized carbons (Fsp3) is 0.231. The monoisotopic (exact) mass is 230 g/mol. The molecule has 0 unspecified atom stereocenters. The summed E-state index contributed by atoms with van der Waals surface area (Å²) in [5.41, 5.74) is 2.16. The topological polar surface area (TPSA) is 64.3 Å². The van der Waals surface area contributed by atoms with E-state index in [-0.39, 0.29) is 5.57 Å². The van der Waals surface area contributed by atoms with Gasteiger partial charge in [0, 0.05) is 20.3 Å². The van der Waals surface area contributed by atoms with Crippen LogP contribution in [0.25, 0.3) is 5.57 Å². The van der Waals surface area contributed by atoms with Gasteiger partial charge in [-0.05, 0) is 30.2 Å². The number of hydrogen-bond acceptors (Lipinski definition) is 3. The summed E-state index contributed by atoms with van der Waals surface area (Å²) in [6, 6.07) is 6.99. The van der Waals surface area contributed by atoms with Crippen molar-refractivity contribution in [3.63, 3.8) is 0 Å². The van der Waals surface area contributed by atoms with Crippen LogP contribution in [0, 0.1) is 18.3 Å². The predicted molar refractivity (Wildman–Crippen MR) is 65.2 cm³/mol. The van der Waals surface area contributed by atoms with Gasteiger partial charge in [-0.25, -0.2) is 4.79 Å². The van der Waals surface area contributed by atoms with Crippen molar-refractivity contribution in [1.29, 1.82) is 5.26 Å². The Morgan fingerprint density at radius 2 is 2.12 bits per heavy atom. The molecule has 1 N–H and O–H groups in total. The van der Waals surface area contributed by atoms with Crippen LogP contribution in [0.15, 0.2) is 24.4 Å². The third kappa shape index (κ3) is 3.08. The molecule has 1 aromatic carbocycles. The zero-order valence-electron chi connectivity index (χ0n) is 10.1. The maximum absolute atomic E-state index is 11.2. The highest BCUT2D eigenvalue weighted by atomic mass is 16.4. The van der Waals surface area contributed by atoms with Crippen LogP contribution in [-0.2, 0) is 4.79 Å². The van der Waals surface area contributed by atoms with Crippen molar-refractivity contribution >= 4 is 11.5 Å². The SMILES string of the molecule is Cc1cc(C#N)ccc1/C(=C\N(C)C)C(=O)O. The molecular formula is C13H14N2O2. The molecule has 0 fully saturated rings. The van der Waals surface area contributed by atoms with Gasteiger partial charge in [-0.2, -0.15) is 5.26 Å². The minimum atomic E-state index is -0.980. The summed E-state index contributed by atoms with van der Waals surface area (Å²) in [6.45, 7) is 1.79. The Morgan fingerprint density at radius 1 is 1.47 bits per heavy atom. The van der Waals surface area contributed by atoms with Gasteiger partial charge in [-0.1, -0.05) is 6.07 Å². The molecule has 0 aromatic heterocycles. The summed E-state index contributed by atoms with van der Waals surface area (Å²) in [5.74, 6) is -0.980. The second kappa shape index (κ2) is 5.17. The van der Waals surface area contributed by atoms with Crippen LogP contribution in [0.2, 0.25) is 0 Å². The predicted octanol–water partition coefficient (Wildman–Crippen LogP) is 1.85. The number of benzene rings is 1. The molecule has 0 atom stereocenters. The largest absolute Gasteiger partial charge is 0.478 e. The zero-order valence-corrected chi connectivity index (χ0v) is 10.1. The van der Waals surface area contributed by atoms with Crippen LogP contribution >= 0.6 is 0 Å². The lowest BCUT2D eigenvalue weighted by atomic mass is 9.99. The van der Waals surface area contributed by atoms with Crippen molar-refractivity contribution in [2.45, 2.75) is 6.92 Å². The molecule has 0 saturated carbocycles. The van der Waals surface area contributed by atoms with Gasteiger partial charge < -0.3 is 10.0 Å². The molecule has 0 aliphatic carbocycles. The Balaban J connectivity index is 3.31. The zero-order chi connectivity index (χ0) is 13.0. The summed E-state index contributed by atoms with van der Waals surface area (Å²) < 4.78 is 0. The van der Waals surface area contributed by atoms with Gasteiger partial charge in [0.25, 0.3) is 0 Å². The number of carboxylic acid groups (broad SMARTS) is 1. The Bertz CT molecular complexity index is 511. The maximum Gasteiger partial charge on any atom is 0.337 e. The molecule has 1 rings (SSSR count). The van der Waals surface area contributed by atoms with E-state index in [2.05, 4.69) is 0 Å². The van der Waals surface area contributed by atoms with E-state index >= 15 is 0 Å². The number of nitriles is 1. The van der Waals surface area contributed by atoms with Gasteiger partial charge in [-0.15, -0.1) is 0 Å². The second-order valence-corrected chi connectivity index (χ2v) is 3.95. The summed E-state index contributed by atoms with van der Waals surface area (Å²) >= 11 is 0. The Morgan fingerprint density at radius 3 is 2.53 bits per heavy atom. The third-order valence-electron chi connectivity index (χ3n) is 2.26. The van der Waals surface area contributed by atoms with Crippen LogP contribution in [0.1, 0.15) is 16.7 Å². The van der Waals surface area contributed by atoms with Gasteiger partial charge in [-0.3, -0.25) is 0 Å².